The van der Waals surface area contributed by atoms with Crippen LogP contribution in [-0.4, -0.2) is 43.7 Å². The molecular formula is C30H42N2O3. The van der Waals surface area contributed by atoms with Crippen molar-refractivity contribution in [3.05, 3.63) is 59.2 Å². The fourth-order valence-electron chi connectivity index (χ4n) is 5.52. The molecule has 0 aliphatic carbocycles. The number of para-hydroxylation sites is 1. The Bertz CT molecular complexity index is 995. The summed E-state index contributed by atoms with van der Waals surface area (Å²) in [5.41, 5.74) is 3.56. The smallest absolute Gasteiger partial charge is 0.226 e. The van der Waals surface area contributed by atoms with E-state index in [0.717, 1.165) is 69.7 Å². The van der Waals surface area contributed by atoms with E-state index in [-0.39, 0.29) is 17.4 Å². The molecule has 2 aromatic carbocycles. The molecule has 1 spiro atoms. The van der Waals surface area contributed by atoms with E-state index < -0.39 is 0 Å². The van der Waals surface area contributed by atoms with Gasteiger partial charge < -0.3 is 14.8 Å². The fourth-order valence-corrected chi connectivity index (χ4v) is 5.52. The molecule has 1 amide bonds. The van der Waals surface area contributed by atoms with Crippen molar-refractivity contribution in [2.75, 3.05) is 26.8 Å². The van der Waals surface area contributed by atoms with Crippen LogP contribution in [-0.2, 0) is 17.8 Å². The summed E-state index contributed by atoms with van der Waals surface area (Å²) in [7, 11) is 1.75. The highest BCUT2D eigenvalue weighted by Gasteiger charge is 2.41. The van der Waals surface area contributed by atoms with Gasteiger partial charge in [0.2, 0.25) is 5.91 Å². The normalized spacial score (nSPS) is 21.4. The lowest BCUT2D eigenvalue weighted by molar-refractivity contribution is -0.135. The predicted molar refractivity (Wildman–Crippen MR) is 141 cm³/mol. The van der Waals surface area contributed by atoms with Crippen LogP contribution in [0.2, 0.25) is 0 Å². The first-order valence-corrected chi connectivity index (χ1v) is 13.3. The number of benzene rings is 2. The number of nitrogens with zero attached hydrogens (tertiary/aromatic N) is 1. The van der Waals surface area contributed by atoms with Gasteiger partial charge in [-0.05, 0) is 81.3 Å². The summed E-state index contributed by atoms with van der Waals surface area (Å²) >= 11 is 0. The number of carbonyl (C=O) groups is 1. The molecule has 1 saturated heterocycles. The first-order valence-electron chi connectivity index (χ1n) is 13.3. The highest BCUT2D eigenvalue weighted by Crippen LogP contribution is 2.39. The Morgan fingerprint density at radius 1 is 1.11 bits per heavy atom. The number of piperidine rings is 1. The van der Waals surface area contributed by atoms with Crippen LogP contribution in [0.4, 0.5) is 0 Å². The average molecular weight is 479 g/mol. The minimum atomic E-state index is -0.284. The van der Waals surface area contributed by atoms with Crippen LogP contribution in [0.5, 0.6) is 11.5 Å². The second kappa shape index (κ2) is 11.5. The number of nitrogens with one attached hydrogen (secondary N) is 1. The molecule has 5 heteroatoms. The van der Waals surface area contributed by atoms with E-state index in [1.54, 1.807) is 7.11 Å². The summed E-state index contributed by atoms with van der Waals surface area (Å²) < 4.78 is 11.8. The van der Waals surface area contributed by atoms with Crippen molar-refractivity contribution < 1.29 is 14.3 Å². The van der Waals surface area contributed by atoms with Crippen LogP contribution >= 0.6 is 0 Å². The van der Waals surface area contributed by atoms with Crippen LogP contribution in [0.3, 0.4) is 0 Å². The van der Waals surface area contributed by atoms with Crippen molar-refractivity contribution in [2.24, 2.45) is 5.41 Å². The number of fused-ring (bicyclic) bond motifs is 1. The lowest BCUT2D eigenvalue weighted by Gasteiger charge is -2.41. The maximum Gasteiger partial charge on any atom is 0.226 e. The molecule has 5 nitrogen and oxygen atoms in total. The average Bonchev–Trinajstić information content (AvgIpc) is 2.86. The summed E-state index contributed by atoms with van der Waals surface area (Å²) in [4.78, 5) is 16.0. The lowest BCUT2D eigenvalue weighted by Crippen LogP contribution is -2.51. The molecule has 0 saturated carbocycles. The molecule has 2 aromatic rings. The molecule has 2 heterocycles. The third kappa shape index (κ3) is 6.19. The molecule has 190 valence electrons. The topological polar surface area (TPSA) is 50.8 Å². The zero-order chi connectivity index (χ0) is 24.8. The minimum absolute atomic E-state index is 0.0204. The Morgan fingerprint density at radius 2 is 1.89 bits per heavy atom. The summed E-state index contributed by atoms with van der Waals surface area (Å²) in [6.07, 6.45) is 5.88. The van der Waals surface area contributed by atoms with E-state index in [0.29, 0.717) is 12.5 Å². The van der Waals surface area contributed by atoms with Crippen molar-refractivity contribution in [3.63, 3.8) is 0 Å². The molecule has 35 heavy (non-hydrogen) atoms. The van der Waals surface area contributed by atoms with Gasteiger partial charge in [0.1, 0.15) is 18.1 Å². The SMILES string of the molecule is COc1ccc(C(C)C)cc1CN1CCC2(CCCCc3ccccc3OC[C@H](C)NC2=O)CC1. The Labute approximate surface area is 211 Å². The molecule has 0 radical (unpaired) electrons. The molecule has 1 fully saturated rings. The largest absolute Gasteiger partial charge is 0.496 e. The molecule has 2 aliphatic heterocycles. The van der Waals surface area contributed by atoms with Crippen molar-refractivity contribution in [2.45, 2.75) is 77.8 Å². The van der Waals surface area contributed by atoms with Gasteiger partial charge in [-0.1, -0.05) is 50.6 Å². The van der Waals surface area contributed by atoms with Gasteiger partial charge in [0, 0.05) is 12.1 Å². The van der Waals surface area contributed by atoms with Crippen molar-refractivity contribution >= 4 is 5.91 Å². The Morgan fingerprint density at radius 3 is 2.63 bits per heavy atom. The molecule has 4 rings (SSSR count). The number of likely N-dealkylation sites (tertiary alicyclic amines) is 1. The minimum Gasteiger partial charge on any atom is -0.496 e. The number of carbonyl (C=O) groups excluding carboxylic acids is 1. The van der Waals surface area contributed by atoms with Gasteiger partial charge in [0.25, 0.3) is 0 Å². The van der Waals surface area contributed by atoms with E-state index in [9.17, 15) is 4.79 Å². The number of hydrogen-bond donors (Lipinski definition) is 1. The van der Waals surface area contributed by atoms with Gasteiger partial charge in [-0.3, -0.25) is 9.69 Å². The van der Waals surface area contributed by atoms with Crippen LogP contribution in [0.1, 0.15) is 75.5 Å². The summed E-state index contributed by atoms with van der Waals surface area (Å²) in [5, 5.41) is 3.29. The van der Waals surface area contributed by atoms with Gasteiger partial charge in [-0.25, -0.2) is 0 Å². The van der Waals surface area contributed by atoms with Gasteiger partial charge in [0.05, 0.1) is 18.6 Å². The maximum absolute atomic E-state index is 13.5. The Balaban J connectivity index is 1.44. The standard InChI is InChI=1S/C30H42N2O3/c1-22(2)25-12-13-27(34-4)26(19-25)20-32-17-15-30(16-18-32)14-8-7-10-24-9-5-6-11-28(24)35-21-23(3)31-29(30)33/h5-6,9,11-13,19,22-23H,7-8,10,14-18,20-21H2,1-4H3,(H,31,33)/t23-/m0/s1. The monoisotopic (exact) mass is 478 g/mol. The Hall–Kier alpha value is -2.53. The van der Waals surface area contributed by atoms with Crippen LogP contribution < -0.4 is 14.8 Å². The number of amides is 1. The molecular weight excluding hydrogens is 436 g/mol. The van der Waals surface area contributed by atoms with E-state index in [1.165, 1.54) is 16.7 Å². The summed E-state index contributed by atoms with van der Waals surface area (Å²) in [5.74, 6) is 2.60. The second-order valence-corrected chi connectivity index (χ2v) is 10.8. The fraction of sp³-hybridized carbons (Fsp3) is 0.567. The van der Waals surface area contributed by atoms with Crippen LogP contribution in [0, 0.1) is 5.41 Å². The van der Waals surface area contributed by atoms with Crippen molar-refractivity contribution in [1.29, 1.82) is 0 Å². The van der Waals surface area contributed by atoms with E-state index >= 15 is 0 Å². The first kappa shape index (κ1) is 25.6. The Kier molecular flexibility index (Phi) is 8.38. The van der Waals surface area contributed by atoms with Crippen molar-refractivity contribution in [1.82, 2.24) is 10.2 Å². The quantitative estimate of drug-likeness (QED) is 0.611. The number of methoxy groups -OCH3 is 1. The van der Waals surface area contributed by atoms with E-state index in [1.807, 2.05) is 19.1 Å². The van der Waals surface area contributed by atoms with Crippen LogP contribution in [0.25, 0.3) is 0 Å². The third-order valence-electron chi connectivity index (χ3n) is 7.85. The number of hydrogen-bond acceptors (Lipinski definition) is 4. The molecule has 2 aliphatic rings. The zero-order valence-corrected chi connectivity index (χ0v) is 21.9. The highest BCUT2D eigenvalue weighted by atomic mass is 16.5. The summed E-state index contributed by atoms with van der Waals surface area (Å²) in [6, 6.07) is 14.8. The highest BCUT2D eigenvalue weighted by molar-refractivity contribution is 5.83. The van der Waals surface area contributed by atoms with Gasteiger partial charge >= 0.3 is 0 Å². The molecule has 0 bridgehead atoms. The van der Waals surface area contributed by atoms with E-state index in [4.69, 9.17) is 9.47 Å². The first-order chi connectivity index (χ1) is 16.9. The van der Waals surface area contributed by atoms with Crippen LogP contribution in [0.15, 0.2) is 42.5 Å². The number of rotatable bonds is 4. The van der Waals surface area contributed by atoms with Crippen molar-refractivity contribution in [3.8, 4) is 11.5 Å². The zero-order valence-electron chi connectivity index (χ0n) is 21.9. The third-order valence-corrected chi connectivity index (χ3v) is 7.85. The van der Waals surface area contributed by atoms with Gasteiger partial charge in [-0.15, -0.1) is 0 Å². The summed E-state index contributed by atoms with van der Waals surface area (Å²) in [6.45, 7) is 9.71. The molecule has 1 N–H and O–H groups in total. The number of ether oxygens (including phenoxy) is 2. The predicted octanol–water partition coefficient (Wildman–Crippen LogP) is 5.71. The lowest BCUT2D eigenvalue weighted by atomic mass is 9.73. The molecule has 0 aromatic heterocycles. The number of aryl methyl sites for hydroxylation is 1. The van der Waals surface area contributed by atoms with Gasteiger partial charge in [-0.2, -0.15) is 0 Å². The molecule has 0 unspecified atom stereocenters. The maximum atomic E-state index is 13.5. The molecule has 1 atom stereocenters. The second-order valence-electron chi connectivity index (χ2n) is 10.8. The van der Waals surface area contributed by atoms with Gasteiger partial charge in [0.15, 0.2) is 0 Å². The van der Waals surface area contributed by atoms with E-state index in [2.05, 4.69) is 54.4 Å².